The molecule has 3 heterocycles. The number of imidazole rings is 1. The quantitative estimate of drug-likeness (QED) is 0.676. The summed E-state index contributed by atoms with van der Waals surface area (Å²) in [5.74, 6) is 1.80. The highest BCUT2D eigenvalue weighted by Crippen LogP contribution is 2.25. The van der Waals surface area contributed by atoms with Crippen LogP contribution in [0.2, 0.25) is 0 Å². The lowest BCUT2D eigenvalue weighted by molar-refractivity contribution is 0.412. The average Bonchev–Trinajstić information content (AvgIpc) is 2.96. The summed E-state index contributed by atoms with van der Waals surface area (Å²) in [5.41, 5.74) is 1.07. The van der Waals surface area contributed by atoms with E-state index in [1.54, 1.807) is 18.4 Å². The number of nitrogens with zero attached hydrogens (tertiary/aromatic N) is 2. The first-order chi connectivity index (χ1) is 7.88. The van der Waals surface area contributed by atoms with E-state index in [2.05, 4.69) is 16.4 Å². The molecule has 0 atom stereocenters. The van der Waals surface area contributed by atoms with Crippen LogP contribution in [0.3, 0.4) is 0 Å². The Morgan fingerprint density at radius 2 is 2.25 bits per heavy atom. The summed E-state index contributed by atoms with van der Waals surface area (Å²) in [4.78, 5) is 5.59. The molecular weight excluding hydrogens is 220 g/mol. The molecule has 0 aromatic carbocycles. The van der Waals surface area contributed by atoms with E-state index in [1.165, 1.54) is 0 Å². The molecule has 3 nitrogen and oxygen atoms in total. The highest BCUT2D eigenvalue weighted by Gasteiger charge is 2.07. The molecule has 0 spiro atoms. The fraction of sp³-hybridized carbons (Fsp3) is 0.0833. The maximum Gasteiger partial charge on any atom is 0.154 e. The van der Waals surface area contributed by atoms with Gasteiger partial charge in [-0.3, -0.25) is 4.40 Å². The van der Waals surface area contributed by atoms with Crippen molar-refractivity contribution >= 4 is 16.9 Å². The van der Waals surface area contributed by atoms with Crippen molar-refractivity contribution in [2.45, 2.75) is 0 Å². The Kier molecular flexibility index (Phi) is 2.15. The predicted octanol–water partition coefficient (Wildman–Crippen LogP) is 3.07. The molecule has 3 aromatic rings. The third-order valence-electron chi connectivity index (χ3n) is 2.48. The number of pyridine rings is 1. The molecule has 3 rings (SSSR count). The third kappa shape index (κ3) is 1.39. The van der Waals surface area contributed by atoms with Crippen molar-refractivity contribution in [1.29, 1.82) is 0 Å². The van der Waals surface area contributed by atoms with E-state index < -0.39 is 0 Å². The standard InChI is InChI=1S/C12H10N2OS/c1-15-10-5-4-9-7-13-12(14(9)8-10)11-3-2-6-16-11/h2-8H,1H3. The summed E-state index contributed by atoms with van der Waals surface area (Å²) in [6, 6.07) is 8.04. The first-order valence-electron chi connectivity index (χ1n) is 4.93. The molecule has 3 aromatic heterocycles. The van der Waals surface area contributed by atoms with E-state index in [0.717, 1.165) is 22.0 Å². The van der Waals surface area contributed by atoms with Crippen LogP contribution in [0.5, 0.6) is 5.75 Å². The van der Waals surface area contributed by atoms with Gasteiger partial charge in [-0.2, -0.15) is 0 Å². The Morgan fingerprint density at radius 3 is 3.00 bits per heavy atom. The molecular formula is C12H10N2OS. The van der Waals surface area contributed by atoms with E-state index in [9.17, 15) is 0 Å². The molecule has 0 saturated heterocycles. The molecule has 0 amide bonds. The summed E-state index contributed by atoms with van der Waals surface area (Å²) >= 11 is 1.68. The monoisotopic (exact) mass is 230 g/mol. The fourth-order valence-electron chi connectivity index (χ4n) is 1.68. The number of hydrogen-bond donors (Lipinski definition) is 0. The van der Waals surface area contributed by atoms with Crippen molar-refractivity contribution in [2.75, 3.05) is 7.11 Å². The minimum absolute atomic E-state index is 0.836. The van der Waals surface area contributed by atoms with Gasteiger partial charge in [0.15, 0.2) is 5.82 Å². The molecule has 16 heavy (non-hydrogen) atoms. The van der Waals surface area contributed by atoms with Gasteiger partial charge in [0, 0.05) is 0 Å². The number of fused-ring (bicyclic) bond motifs is 1. The second-order valence-corrected chi connectivity index (χ2v) is 4.37. The van der Waals surface area contributed by atoms with Crippen LogP contribution in [0.15, 0.2) is 42.0 Å². The Bertz CT molecular complexity index is 613. The summed E-state index contributed by atoms with van der Waals surface area (Å²) < 4.78 is 7.27. The zero-order valence-corrected chi connectivity index (χ0v) is 9.57. The lowest BCUT2D eigenvalue weighted by Gasteiger charge is -2.02. The number of hydrogen-bond acceptors (Lipinski definition) is 3. The largest absolute Gasteiger partial charge is 0.495 e. The highest BCUT2D eigenvalue weighted by molar-refractivity contribution is 7.13. The first-order valence-corrected chi connectivity index (χ1v) is 5.81. The number of methoxy groups -OCH3 is 1. The minimum atomic E-state index is 0.836. The molecule has 0 aliphatic rings. The van der Waals surface area contributed by atoms with Gasteiger partial charge in [0.1, 0.15) is 5.75 Å². The van der Waals surface area contributed by atoms with Crippen molar-refractivity contribution < 1.29 is 4.74 Å². The molecule has 0 unspecified atom stereocenters. The Morgan fingerprint density at radius 1 is 1.31 bits per heavy atom. The predicted molar refractivity (Wildman–Crippen MR) is 65.1 cm³/mol. The van der Waals surface area contributed by atoms with Gasteiger partial charge in [-0.15, -0.1) is 11.3 Å². The fourth-order valence-corrected chi connectivity index (χ4v) is 2.40. The topological polar surface area (TPSA) is 26.5 Å². The van der Waals surface area contributed by atoms with Crippen LogP contribution < -0.4 is 4.74 Å². The van der Waals surface area contributed by atoms with Crippen LogP contribution in [0.4, 0.5) is 0 Å². The summed E-state index contributed by atoms with van der Waals surface area (Å²) in [6.07, 6.45) is 3.83. The van der Waals surface area contributed by atoms with Crippen LogP contribution in [-0.4, -0.2) is 16.5 Å². The second kappa shape index (κ2) is 3.64. The summed E-state index contributed by atoms with van der Waals surface area (Å²) in [5, 5.41) is 2.05. The molecule has 0 fully saturated rings. The van der Waals surface area contributed by atoms with Crippen LogP contribution in [0.25, 0.3) is 16.2 Å². The molecule has 0 aliphatic carbocycles. The van der Waals surface area contributed by atoms with Gasteiger partial charge in [-0.25, -0.2) is 4.98 Å². The molecule has 80 valence electrons. The number of ether oxygens (including phenoxy) is 1. The normalized spacial score (nSPS) is 10.8. The van der Waals surface area contributed by atoms with Crippen LogP contribution >= 0.6 is 11.3 Å². The van der Waals surface area contributed by atoms with Crippen molar-refractivity contribution in [3.8, 4) is 16.5 Å². The van der Waals surface area contributed by atoms with Gasteiger partial charge in [-0.05, 0) is 23.6 Å². The summed E-state index contributed by atoms with van der Waals surface area (Å²) in [6.45, 7) is 0. The Labute approximate surface area is 96.9 Å². The van der Waals surface area contributed by atoms with Crippen molar-refractivity contribution in [3.05, 3.63) is 42.0 Å². The smallest absolute Gasteiger partial charge is 0.154 e. The van der Waals surface area contributed by atoms with Crippen molar-refractivity contribution in [1.82, 2.24) is 9.38 Å². The van der Waals surface area contributed by atoms with Crippen LogP contribution in [-0.2, 0) is 0 Å². The molecule has 0 N–H and O–H groups in total. The van der Waals surface area contributed by atoms with E-state index in [-0.39, 0.29) is 0 Å². The van der Waals surface area contributed by atoms with Gasteiger partial charge in [0.05, 0.1) is 29.9 Å². The van der Waals surface area contributed by atoms with Gasteiger partial charge in [0.2, 0.25) is 0 Å². The molecule has 0 aliphatic heterocycles. The summed E-state index contributed by atoms with van der Waals surface area (Å²) in [7, 11) is 1.67. The maximum atomic E-state index is 5.22. The van der Waals surface area contributed by atoms with E-state index >= 15 is 0 Å². The number of rotatable bonds is 2. The zero-order valence-electron chi connectivity index (χ0n) is 8.75. The molecule has 0 bridgehead atoms. The Hall–Kier alpha value is -1.81. The van der Waals surface area contributed by atoms with Gasteiger partial charge in [0.25, 0.3) is 0 Å². The molecule has 0 radical (unpaired) electrons. The maximum absolute atomic E-state index is 5.22. The van der Waals surface area contributed by atoms with Gasteiger partial charge >= 0.3 is 0 Å². The Balaban J connectivity index is 2.25. The van der Waals surface area contributed by atoms with E-state index in [4.69, 9.17) is 4.74 Å². The lowest BCUT2D eigenvalue weighted by Crippen LogP contribution is -1.90. The molecule has 4 heteroatoms. The van der Waals surface area contributed by atoms with Crippen LogP contribution in [0, 0.1) is 0 Å². The number of aromatic nitrogens is 2. The van der Waals surface area contributed by atoms with Crippen molar-refractivity contribution in [3.63, 3.8) is 0 Å². The van der Waals surface area contributed by atoms with Crippen molar-refractivity contribution in [2.24, 2.45) is 0 Å². The van der Waals surface area contributed by atoms with Gasteiger partial charge in [-0.1, -0.05) is 6.07 Å². The SMILES string of the molecule is COc1ccc2cnc(-c3cccs3)n2c1. The third-order valence-corrected chi connectivity index (χ3v) is 3.34. The zero-order chi connectivity index (χ0) is 11.0. The first kappa shape index (κ1) is 9.42. The number of thiophene rings is 1. The highest BCUT2D eigenvalue weighted by atomic mass is 32.1. The lowest BCUT2D eigenvalue weighted by atomic mass is 10.4. The average molecular weight is 230 g/mol. The second-order valence-electron chi connectivity index (χ2n) is 3.42. The van der Waals surface area contributed by atoms with E-state index in [1.807, 2.05) is 35.0 Å². The minimum Gasteiger partial charge on any atom is -0.495 e. The molecule has 0 saturated carbocycles. The van der Waals surface area contributed by atoms with Gasteiger partial charge < -0.3 is 4.74 Å². The van der Waals surface area contributed by atoms with Crippen LogP contribution in [0.1, 0.15) is 0 Å². The van der Waals surface area contributed by atoms with E-state index in [0.29, 0.717) is 0 Å².